The average Bonchev–Trinajstić information content (AvgIpc) is 2.92. The van der Waals surface area contributed by atoms with Gasteiger partial charge in [-0.25, -0.2) is 27.5 Å². The van der Waals surface area contributed by atoms with E-state index in [1.807, 2.05) is 6.92 Å². The molecule has 1 saturated heterocycles. The number of hydrogen-bond acceptors (Lipinski definition) is 7. The second-order valence-corrected chi connectivity index (χ2v) is 13.6. The Labute approximate surface area is 239 Å². The highest BCUT2D eigenvalue weighted by molar-refractivity contribution is 7.70. The zero-order chi connectivity index (χ0) is 30.5. The third-order valence-electron chi connectivity index (χ3n) is 7.23. The SMILES string of the molecule is C=CC(=O)N1CCN(c2nc(=O)n(-c3c(C)ccnc3P(C)(C)=O)c3nc(-c4c(F)cccc4F)c(F)cc23)[C@@H](C)C1. The van der Waals surface area contributed by atoms with Crippen molar-refractivity contribution in [2.45, 2.75) is 19.9 Å². The highest BCUT2D eigenvalue weighted by atomic mass is 31.2. The molecule has 1 aliphatic heterocycles. The van der Waals surface area contributed by atoms with Gasteiger partial charge in [0.2, 0.25) is 5.91 Å². The van der Waals surface area contributed by atoms with Gasteiger partial charge in [0, 0.05) is 31.9 Å². The predicted molar refractivity (Wildman–Crippen MR) is 156 cm³/mol. The number of aromatic nitrogens is 4. The molecule has 0 bridgehead atoms. The Bertz CT molecular complexity index is 1850. The second kappa shape index (κ2) is 10.8. The van der Waals surface area contributed by atoms with Crippen LogP contribution in [-0.2, 0) is 9.36 Å². The van der Waals surface area contributed by atoms with E-state index in [-0.39, 0.29) is 59.6 Å². The van der Waals surface area contributed by atoms with Crippen LogP contribution in [0.15, 0.2) is 54.0 Å². The Kier molecular flexibility index (Phi) is 7.53. The smallest absolute Gasteiger partial charge is 0.350 e. The van der Waals surface area contributed by atoms with Crippen molar-refractivity contribution in [1.29, 1.82) is 0 Å². The molecule has 0 aliphatic carbocycles. The maximum absolute atomic E-state index is 15.8. The number of fused-ring (bicyclic) bond motifs is 1. The van der Waals surface area contributed by atoms with Gasteiger partial charge in [-0.1, -0.05) is 12.6 Å². The van der Waals surface area contributed by atoms with Crippen molar-refractivity contribution in [2.75, 3.05) is 37.9 Å². The molecule has 3 aromatic heterocycles. The fraction of sp³-hybridized carbons (Fsp3) is 0.276. The lowest BCUT2D eigenvalue weighted by atomic mass is 10.1. The number of halogens is 3. The van der Waals surface area contributed by atoms with E-state index in [1.165, 1.54) is 25.6 Å². The van der Waals surface area contributed by atoms with Crippen molar-refractivity contribution in [3.05, 3.63) is 82.7 Å². The molecule has 0 saturated carbocycles. The maximum Gasteiger partial charge on any atom is 0.355 e. The highest BCUT2D eigenvalue weighted by Crippen LogP contribution is 2.38. The molecule has 1 amide bonds. The predicted octanol–water partition coefficient (Wildman–Crippen LogP) is 4.04. The summed E-state index contributed by atoms with van der Waals surface area (Å²) in [4.78, 5) is 42.4. The number of benzene rings is 1. The van der Waals surface area contributed by atoms with Crippen molar-refractivity contribution >= 4 is 35.3 Å². The minimum Gasteiger partial charge on any atom is -0.350 e. The number of carbonyl (C=O) groups excluding carboxylic acids is 1. The fourth-order valence-electron chi connectivity index (χ4n) is 5.23. The molecule has 13 heteroatoms. The molecule has 1 aromatic carbocycles. The molecule has 0 radical (unpaired) electrons. The summed E-state index contributed by atoms with van der Waals surface area (Å²) in [5.41, 5.74) is -1.54. The van der Waals surface area contributed by atoms with E-state index in [4.69, 9.17) is 0 Å². The Morgan fingerprint density at radius 1 is 1.10 bits per heavy atom. The van der Waals surface area contributed by atoms with Crippen molar-refractivity contribution in [2.24, 2.45) is 0 Å². The van der Waals surface area contributed by atoms with Gasteiger partial charge in [-0.05, 0) is 63.1 Å². The van der Waals surface area contributed by atoms with Crippen LogP contribution in [0.25, 0.3) is 28.0 Å². The molecule has 1 atom stereocenters. The van der Waals surface area contributed by atoms with Crippen molar-refractivity contribution in [3.8, 4) is 16.9 Å². The third kappa shape index (κ3) is 5.00. The zero-order valence-corrected chi connectivity index (χ0v) is 24.3. The normalized spacial score (nSPS) is 15.7. The van der Waals surface area contributed by atoms with E-state index in [1.54, 1.807) is 22.8 Å². The fourth-order valence-corrected chi connectivity index (χ4v) is 6.36. The Balaban J connectivity index is 1.86. The highest BCUT2D eigenvalue weighted by Gasteiger charge is 2.31. The average molecular weight is 597 g/mol. The van der Waals surface area contributed by atoms with Gasteiger partial charge in [-0.3, -0.25) is 9.78 Å². The van der Waals surface area contributed by atoms with E-state index in [2.05, 4.69) is 21.5 Å². The summed E-state index contributed by atoms with van der Waals surface area (Å²) in [7, 11) is -3.09. The molecular formula is C29H28F3N6O3P. The maximum atomic E-state index is 15.8. The molecule has 218 valence electrons. The van der Waals surface area contributed by atoms with Crippen LogP contribution in [0.1, 0.15) is 12.5 Å². The minimum atomic E-state index is -3.09. The summed E-state index contributed by atoms with van der Waals surface area (Å²) in [6.45, 7) is 10.8. The molecule has 5 rings (SSSR count). The largest absolute Gasteiger partial charge is 0.355 e. The van der Waals surface area contributed by atoms with E-state index in [9.17, 15) is 22.9 Å². The molecule has 0 N–H and O–H groups in total. The number of carbonyl (C=O) groups is 1. The molecule has 0 unspecified atom stereocenters. The first-order valence-electron chi connectivity index (χ1n) is 13.1. The van der Waals surface area contributed by atoms with Crippen LogP contribution in [0, 0.1) is 24.4 Å². The summed E-state index contributed by atoms with van der Waals surface area (Å²) < 4.78 is 59.8. The van der Waals surface area contributed by atoms with Gasteiger partial charge in [0.15, 0.2) is 11.5 Å². The van der Waals surface area contributed by atoms with E-state index >= 15 is 4.39 Å². The number of piperazine rings is 1. The van der Waals surface area contributed by atoms with Gasteiger partial charge in [0.25, 0.3) is 0 Å². The Hall–Kier alpha value is -4.31. The number of amides is 1. The summed E-state index contributed by atoms with van der Waals surface area (Å²) in [5, 5.41) is 0.0826. The molecule has 42 heavy (non-hydrogen) atoms. The van der Waals surface area contributed by atoms with Crippen LogP contribution < -0.4 is 16.0 Å². The van der Waals surface area contributed by atoms with Gasteiger partial charge in [0.05, 0.1) is 16.6 Å². The van der Waals surface area contributed by atoms with Crippen LogP contribution in [-0.4, -0.2) is 69.3 Å². The quantitative estimate of drug-likeness (QED) is 0.253. The van der Waals surface area contributed by atoms with E-state index < -0.39 is 41.5 Å². The number of anilines is 1. The van der Waals surface area contributed by atoms with Crippen LogP contribution in [0.5, 0.6) is 0 Å². The standard InChI is InChI=1S/C29H28F3N6O3P/c1-6-22(39)36-12-13-37(17(3)15-36)26-18-14-21(32)24(23-19(30)8-7-9-20(23)31)34-27(18)38(29(40)35-26)25-16(2)10-11-33-28(25)42(4,5)41/h6-11,14,17H,1,12-13,15H2,2-5H3/t17-/m0/s1. The lowest BCUT2D eigenvalue weighted by molar-refractivity contribution is -0.126. The number of pyridine rings is 2. The molecular weight excluding hydrogens is 568 g/mol. The first kappa shape index (κ1) is 29.2. The first-order chi connectivity index (χ1) is 19.8. The minimum absolute atomic E-state index is 0.0826. The van der Waals surface area contributed by atoms with Gasteiger partial charge in [-0.2, -0.15) is 4.98 Å². The van der Waals surface area contributed by atoms with Crippen LogP contribution in [0.4, 0.5) is 19.0 Å². The summed E-state index contributed by atoms with van der Waals surface area (Å²) >= 11 is 0. The lowest BCUT2D eigenvalue weighted by Crippen LogP contribution is -2.54. The molecule has 9 nitrogen and oxygen atoms in total. The number of hydrogen-bond donors (Lipinski definition) is 0. The van der Waals surface area contributed by atoms with E-state index in [0.717, 1.165) is 28.8 Å². The first-order valence-corrected chi connectivity index (χ1v) is 15.7. The van der Waals surface area contributed by atoms with Gasteiger partial charge >= 0.3 is 5.69 Å². The van der Waals surface area contributed by atoms with Gasteiger partial charge in [0.1, 0.15) is 35.7 Å². The van der Waals surface area contributed by atoms with Gasteiger partial charge in [-0.15, -0.1) is 0 Å². The zero-order valence-electron chi connectivity index (χ0n) is 23.4. The van der Waals surface area contributed by atoms with Gasteiger partial charge < -0.3 is 14.4 Å². The Morgan fingerprint density at radius 3 is 2.40 bits per heavy atom. The summed E-state index contributed by atoms with van der Waals surface area (Å²) in [5.74, 6) is -3.26. The number of nitrogens with zero attached hydrogens (tertiary/aromatic N) is 6. The van der Waals surface area contributed by atoms with E-state index in [0.29, 0.717) is 5.56 Å². The molecule has 1 aliphatic rings. The molecule has 0 spiro atoms. The van der Waals surface area contributed by atoms with Crippen molar-refractivity contribution < 1.29 is 22.5 Å². The topological polar surface area (TPSA) is 101 Å². The molecule has 1 fully saturated rings. The monoisotopic (exact) mass is 596 g/mol. The second-order valence-electron chi connectivity index (χ2n) is 10.5. The lowest BCUT2D eigenvalue weighted by Gasteiger charge is -2.40. The van der Waals surface area contributed by atoms with Crippen LogP contribution in [0.3, 0.4) is 0 Å². The number of rotatable bonds is 5. The third-order valence-corrected chi connectivity index (χ3v) is 8.57. The molecule has 4 aromatic rings. The van der Waals surface area contributed by atoms with Crippen molar-refractivity contribution in [3.63, 3.8) is 0 Å². The Morgan fingerprint density at radius 2 is 1.79 bits per heavy atom. The van der Waals surface area contributed by atoms with Crippen LogP contribution >= 0.6 is 7.14 Å². The molecule has 4 heterocycles. The summed E-state index contributed by atoms with van der Waals surface area (Å²) in [6, 6.07) is 5.41. The number of aryl methyl sites for hydroxylation is 1. The summed E-state index contributed by atoms with van der Waals surface area (Å²) in [6.07, 6.45) is 2.68. The van der Waals surface area contributed by atoms with Crippen molar-refractivity contribution in [1.82, 2.24) is 24.4 Å². The van der Waals surface area contributed by atoms with Crippen LogP contribution in [0.2, 0.25) is 0 Å².